The average molecular weight is 459 g/mol. The minimum Gasteiger partial charge on any atom is -0.508 e. The molecule has 5 heteroatoms. The minimum atomic E-state index is -0.879. The zero-order valence-electron chi connectivity index (χ0n) is 19.6. The third kappa shape index (κ3) is 7.59. The third-order valence-corrected chi connectivity index (χ3v) is 6.37. The fourth-order valence-electron chi connectivity index (χ4n) is 3.72. The minimum absolute atomic E-state index is 0.196. The molecule has 0 amide bonds. The Morgan fingerprint density at radius 3 is 2.62 bits per heavy atom. The van der Waals surface area contributed by atoms with E-state index in [-0.39, 0.29) is 11.1 Å². The predicted molar refractivity (Wildman–Crippen MR) is 133 cm³/mol. The number of ether oxygens (including phenoxy) is 1. The van der Waals surface area contributed by atoms with E-state index >= 15 is 0 Å². The molecule has 4 nitrogen and oxygen atoms in total. The highest BCUT2D eigenvalue weighted by atomic mass is 35.5. The molecule has 0 saturated carbocycles. The van der Waals surface area contributed by atoms with Gasteiger partial charge in [0.1, 0.15) is 17.1 Å². The number of benzene rings is 1. The number of aliphatic carboxylic acids is 1. The van der Waals surface area contributed by atoms with Gasteiger partial charge in [-0.3, -0.25) is 0 Å². The molecule has 0 aliphatic carbocycles. The number of fused-ring (bicyclic) bond motifs is 1. The number of phenolic OH excluding ortho intramolecular Hbond substituents is 1. The van der Waals surface area contributed by atoms with Crippen molar-refractivity contribution in [2.75, 3.05) is 0 Å². The van der Waals surface area contributed by atoms with E-state index in [2.05, 4.69) is 26.5 Å². The third-order valence-electron chi connectivity index (χ3n) is 5.78. The molecule has 0 aromatic heterocycles. The molecule has 1 aromatic carbocycles. The molecule has 0 spiro atoms. The maximum absolute atomic E-state index is 11.5. The summed E-state index contributed by atoms with van der Waals surface area (Å²) in [6.45, 7) is 11.8. The predicted octanol–water partition coefficient (Wildman–Crippen LogP) is 7.35. The SMILES string of the molecule is C=C(C)[C@@H](Cl)CC/C(=C/CC/C(C)=C/CC[C@@]1(C)C=Cc2cc(O)cc(C)c2O1)C(=O)O. The maximum atomic E-state index is 11.5. The molecule has 174 valence electrons. The van der Waals surface area contributed by atoms with Gasteiger partial charge in [-0.2, -0.15) is 0 Å². The lowest BCUT2D eigenvalue weighted by atomic mass is 9.93. The quantitative estimate of drug-likeness (QED) is 0.206. The van der Waals surface area contributed by atoms with Crippen LogP contribution in [0.5, 0.6) is 11.5 Å². The van der Waals surface area contributed by atoms with Gasteiger partial charge in [-0.15, -0.1) is 11.6 Å². The molecule has 2 atom stereocenters. The topological polar surface area (TPSA) is 66.8 Å². The van der Waals surface area contributed by atoms with Crippen molar-refractivity contribution < 1.29 is 19.7 Å². The van der Waals surface area contributed by atoms with Crippen molar-refractivity contribution in [2.45, 2.75) is 77.2 Å². The Morgan fingerprint density at radius 2 is 1.97 bits per heavy atom. The van der Waals surface area contributed by atoms with Crippen molar-refractivity contribution in [1.29, 1.82) is 0 Å². The average Bonchev–Trinajstić information content (AvgIpc) is 2.70. The van der Waals surface area contributed by atoms with Crippen LogP contribution < -0.4 is 4.74 Å². The van der Waals surface area contributed by atoms with Crippen LogP contribution in [0.2, 0.25) is 0 Å². The molecule has 0 radical (unpaired) electrons. The van der Waals surface area contributed by atoms with E-state index in [1.165, 1.54) is 5.57 Å². The first kappa shape index (κ1) is 25.8. The Morgan fingerprint density at radius 1 is 1.25 bits per heavy atom. The number of phenols is 1. The van der Waals surface area contributed by atoms with Gasteiger partial charge in [0.2, 0.25) is 0 Å². The molecule has 0 saturated heterocycles. The molecule has 2 N–H and O–H groups in total. The van der Waals surface area contributed by atoms with Crippen molar-refractivity contribution in [2.24, 2.45) is 0 Å². The van der Waals surface area contributed by atoms with E-state index in [1.54, 1.807) is 12.1 Å². The zero-order chi connectivity index (χ0) is 23.9. The molecule has 2 rings (SSSR count). The van der Waals surface area contributed by atoms with Crippen molar-refractivity contribution in [3.8, 4) is 11.5 Å². The molecule has 0 fully saturated rings. The summed E-state index contributed by atoms with van der Waals surface area (Å²) in [5, 5.41) is 19.0. The number of halogens is 1. The first-order chi connectivity index (χ1) is 15.0. The van der Waals surface area contributed by atoms with Crippen LogP contribution >= 0.6 is 11.6 Å². The highest BCUT2D eigenvalue weighted by Crippen LogP contribution is 2.38. The van der Waals surface area contributed by atoms with Gasteiger partial charge >= 0.3 is 5.97 Å². The van der Waals surface area contributed by atoms with Crippen LogP contribution in [0, 0.1) is 6.92 Å². The Labute approximate surface area is 196 Å². The normalized spacial score (nSPS) is 19.3. The molecule has 0 bridgehead atoms. The van der Waals surface area contributed by atoms with E-state index in [1.807, 2.05) is 32.1 Å². The summed E-state index contributed by atoms with van der Waals surface area (Å²) in [7, 11) is 0. The summed E-state index contributed by atoms with van der Waals surface area (Å²) in [6, 6.07) is 3.43. The molecular formula is C27H35ClO4. The summed E-state index contributed by atoms with van der Waals surface area (Å²) in [6.07, 6.45) is 12.3. The summed E-state index contributed by atoms with van der Waals surface area (Å²) in [4.78, 5) is 11.5. The van der Waals surface area contributed by atoms with Crippen LogP contribution in [-0.2, 0) is 4.79 Å². The number of aryl methyl sites for hydroxylation is 1. The van der Waals surface area contributed by atoms with Gasteiger partial charge in [0, 0.05) is 11.1 Å². The maximum Gasteiger partial charge on any atom is 0.331 e. The van der Waals surface area contributed by atoms with Gasteiger partial charge in [-0.25, -0.2) is 4.79 Å². The highest BCUT2D eigenvalue weighted by Gasteiger charge is 2.27. The molecule has 1 aliphatic heterocycles. The molecule has 1 aliphatic rings. The Kier molecular flexibility index (Phi) is 9.21. The molecule has 0 unspecified atom stereocenters. The molecule has 32 heavy (non-hydrogen) atoms. The molecular weight excluding hydrogens is 424 g/mol. The van der Waals surface area contributed by atoms with Crippen LogP contribution in [0.25, 0.3) is 6.08 Å². The Hall–Kier alpha value is -2.46. The monoisotopic (exact) mass is 458 g/mol. The second-order valence-corrected chi connectivity index (χ2v) is 9.47. The first-order valence-corrected chi connectivity index (χ1v) is 11.5. The second-order valence-electron chi connectivity index (χ2n) is 8.94. The number of carboxylic acid groups (broad SMARTS) is 1. The van der Waals surface area contributed by atoms with Crippen LogP contribution in [0.1, 0.15) is 70.4 Å². The Bertz CT molecular complexity index is 941. The summed E-state index contributed by atoms with van der Waals surface area (Å²) in [5.74, 6) is 0.191. The van der Waals surface area contributed by atoms with Gasteiger partial charge < -0.3 is 14.9 Å². The number of carboxylic acids is 1. The van der Waals surface area contributed by atoms with Gasteiger partial charge in [0.05, 0.1) is 5.38 Å². The van der Waals surface area contributed by atoms with E-state index < -0.39 is 11.6 Å². The van der Waals surface area contributed by atoms with Crippen molar-refractivity contribution >= 4 is 23.6 Å². The lowest BCUT2D eigenvalue weighted by Crippen LogP contribution is -2.32. The van der Waals surface area contributed by atoms with Crippen molar-refractivity contribution in [3.05, 3.63) is 64.8 Å². The number of rotatable bonds is 11. The molecule has 1 aromatic rings. The zero-order valence-corrected chi connectivity index (χ0v) is 20.3. The van der Waals surface area contributed by atoms with Crippen LogP contribution in [0.15, 0.2) is 53.7 Å². The van der Waals surface area contributed by atoms with E-state index in [4.69, 9.17) is 16.3 Å². The highest BCUT2D eigenvalue weighted by molar-refractivity contribution is 6.22. The van der Waals surface area contributed by atoms with Gasteiger partial charge in [-0.1, -0.05) is 36.0 Å². The number of hydrogen-bond donors (Lipinski definition) is 2. The number of allylic oxidation sites excluding steroid dienone is 4. The smallest absolute Gasteiger partial charge is 0.331 e. The lowest BCUT2D eigenvalue weighted by Gasteiger charge is -2.32. The fraction of sp³-hybridized carbons (Fsp3) is 0.444. The second kappa shape index (κ2) is 11.4. The van der Waals surface area contributed by atoms with Crippen molar-refractivity contribution in [3.63, 3.8) is 0 Å². The largest absolute Gasteiger partial charge is 0.508 e. The van der Waals surface area contributed by atoms with Gasteiger partial charge in [0.25, 0.3) is 0 Å². The summed E-state index contributed by atoms with van der Waals surface area (Å²) in [5.41, 5.74) is 3.93. The first-order valence-electron chi connectivity index (χ1n) is 11.1. The van der Waals surface area contributed by atoms with Crippen LogP contribution in [0.4, 0.5) is 0 Å². The number of aromatic hydroxyl groups is 1. The lowest BCUT2D eigenvalue weighted by molar-refractivity contribution is -0.132. The molecule has 1 heterocycles. The van der Waals surface area contributed by atoms with Crippen molar-refractivity contribution in [1.82, 2.24) is 0 Å². The van der Waals surface area contributed by atoms with Crippen LogP contribution in [-0.4, -0.2) is 27.2 Å². The number of hydrogen-bond acceptors (Lipinski definition) is 3. The van der Waals surface area contributed by atoms with Gasteiger partial charge in [-0.05, 0) is 90.0 Å². The Balaban J connectivity index is 1.87. The van der Waals surface area contributed by atoms with E-state index in [0.717, 1.165) is 41.7 Å². The number of carbonyl (C=O) groups is 1. The summed E-state index contributed by atoms with van der Waals surface area (Å²) < 4.78 is 6.27. The van der Waals surface area contributed by atoms with E-state index in [0.29, 0.717) is 24.8 Å². The van der Waals surface area contributed by atoms with E-state index in [9.17, 15) is 15.0 Å². The number of alkyl halides is 1. The van der Waals surface area contributed by atoms with Gasteiger partial charge in [0.15, 0.2) is 0 Å². The summed E-state index contributed by atoms with van der Waals surface area (Å²) >= 11 is 6.17. The van der Waals surface area contributed by atoms with Crippen LogP contribution in [0.3, 0.4) is 0 Å². The fourth-order valence-corrected chi connectivity index (χ4v) is 3.83. The standard InChI is InChI=1S/C27H35ClO4/c1-18(2)24(28)12-11-21(26(30)31)10-6-8-19(3)9-7-14-27(5)15-13-22-17-23(29)16-20(4)25(22)32-27/h9-10,13,15-17,24,29H,1,6-8,11-12,14H2,2-5H3,(H,30,31)/b19-9+,21-10-/t24-,27-/m0/s1.